The van der Waals surface area contributed by atoms with E-state index in [0.717, 1.165) is 51.6 Å². The van der Waals surface area contributed by atoms with Gasteiger partial charge in [-0.15, -0.1) is 0 Å². The highest BCUT2D eigenvalue weighted by molar-refractivity contribution is 7.89. The fourth-order valence-electron chi connectivity index (χ4n) is 3.40. The molecule has 0 aromatic heterocycles. The average Bonchev–Trinajstić information content (AvgIpc) is 2.97. The maximum atomic E-state index is 12.6. The number of hydrogen-bond donors (Lipinski definition) is 2. The Labute approximate surface area is 127 Å². The predicted molar refractivity (Wildman–Crippen MR) is 82.2 cm³/mol. The monoisotopic (exact) mass is 317 g/mol. The molecule has 0 aromatic rings. The highest BCUT2D eigenvalue weighted by Gasteiger charge is 2.33. The van der Waals surface area contributed by atoms with Crippen LogP contribution in [0.5, 0.6) is 0 Å². The van der Waals surface area contributed by atoms with Crippen LogP contribution in [0.3, 0.4) is 0 Å². The predicted octanol–water partition coefficient (Wildman–Crippen LogP) is 0.436. The molecule has 2 aliphatic rings. The van der Waals surface area contributed by atoms with Crippen LogP contribution in [0.15, 0.2) is 0 Å². The molecule has 21 heavy (non-hydrogen) atoms. The molecule has 2 fully saturated rings. The zero-order valence-corrected chi connectivity index (χ0v) is 13.4. The van der Waals surface area contributed by atoms with Crippen molar-refractivity contribution in [2.45, 2.75) is 51.0 Å². The maximum absolute atomic E-state index is 12.6. The lowest BCUT2D eigenvalue weighted by Gasteiger charge is -2.28. The van der Waals surface area contributed by atoms with Gasteiger partial charge in [-0.2, -0.15) is 4.31 Å². The summed E-state index contributed by atoms with van der Waals surface area (Å²) < 4.78 is 26.6. The van der Waals surface area contributed by atoms with Crippen LogP contribution in [0.2, 0.25) is 0 Å². The van der Waals surface area contributed by atoms with E-state index in [9.17, 15) is 13.2 Å². The second-order valence-electron chi connectivity index (χ2n) is 6.25. The molecule has 0 unspecified atom stereocenters. The number of piperidine rings is 1. The van der Waals surface area contributed by atoms with E-state index in [4.69, 9.17) is 5.73 Å². The molecule has 1 aliphatic carbocycles. The van der Waals surface area contributed by atoms with Crippen molar-refractivity contribution >= 4 is 15.9 Å². The SMILES string of the molecule is NC(=O)CN(C1CCCC1)S(=O)(=O)CCC1CCNCC1. The topological polar surface area (TPSA) is 92.5 Å². The molecule has 1 saturated carbocycles. The molecule has 7 heteroatoms. The van der Waals surface area contributed by atoms with Crippen molar-refractivity contribution in [2.24, 2.45) is 11.7 Å². The maximum Gasteiger partial charge on any atom is 0.232 e. The first-order chi connectivity index (χ1) is 9.99. The lowest BCUT2D eigenvalue weighted by atomic mass is 9.96. The molecule has 1 amide bonds. The average molecular weight is 317 g/mol. The molecule has 122 valence electrons. The van der Waals surface area contributed by atoms with Gasteiger partial charge < -0.3 is 11.1 Å². The molecule has 1 saturated heterocycles. The summed E-state index contributed by atoms with van der Waals surface area (Å²) in [6, 6.07) is -0.0319. The zero-order chi connectivity index (χ0) is 15.3. The van der Waals surface area contributed by atoms with E-state index in [1.54, 1.807) is 0 Å². The van der Waals surface area contributed by atoms with Crippen LogP contribution in [0.25, 0.3) is 0 Å². The summed E-state index contributed by atoms with van der Waals surface area (Å²) in [5, 5.41) is 3.28. The Balaban J connectivity index is 1.96. The van der Waals surface area contributed by atoms with Gasteiger partial charge in [-0.25, -0.2) is 8.42 Å². The molecule has 0 radical (unpaired) electrons. The van der Waals surface area contributed by atoms with E-state index in [2.05, 4.69) is 5.32 Å². The summed E-state index contributed by atoms with van der Waals surface area (Å²) in [6.45, 7) is 1.77. The van der Waals surface area contributed by atoms with Crippen molar-refractivity contribution in [2.75, 3.05) is 25.4 Å². The summed E-state index contributed by atoms with van der Waals surface area (Å²) in [5.41, 5.74) is 5.24. The summed E-state index contributed by atoms with van der Waals surface area (Å²) in [4.78, 5) is 11.2. The van der Waals surface area contributed by atoms with Gasteiger partial charge in [-0.1, -0.05) is 12.8 Å². The van der Waals surface area contributed by atoms with Gasteiger partial charge in [0, 0.05) is 6.04 Å². The highest BCUT2D eigenvalue weighted by Crippen LogP contribution is 2.27. The number of carbonyl (C=O) groups is 1. The molecule has 0 spiro atoms. The molecule has 1 heterocycles. The number of hydrogen-bond acceptors (Lipinski definition) is 4. The number of nitrogens with two attached hydrogens (primary N) is 1. The second kappa shape index (κ2) is 7.56. The molecular weight excluding hydrogens is 290 g/mol. The number of nitrogens with zero attached hydrogens (tertiary/aromatic N) is 1. The molecule has 3 N–H and O–H groups in total. The summed E-state index contributed by atoms with van der Waals surface area (Å²) >= 11 is 0. The Bertz CT molecular complexity index is 440. The molecule has 6 nitrogen and oxygen atoms in total. The standard InChI is InChI=1S/C14H27N3O3S/c15-14(18)11-17(13-3-1-2-4-13)21(19,20)10-7-12-5-8-16-9-6-12/h12-13,16H,1-11H2,(H2,15,18). The van der Waals surface area contributed by atoms with E-state index in [1.807, 2.05) is 0 Å². The summed E-state index contributed by atoms with van der Waals surface area (Å²) in [5.74, 6) is 0.0499. The van der Waals surface area contributed by atoms with Gasteiger partial charge in [0.1, 0.15) is 0 Å². The minimum atomic E-state index is -3.39. The first-order valence-corrected chi connectivity index (χ1v) is 9.58. The largest absolute Gasteiger partial charge is 0.369 e. The number of sulfonamides is 1. The van der Waals surface area contributed by atoms with E-state index in [-0.39, 0.29) is 18.3 Å². The van der Waals surface area contributed by atoms with Crippen molar-refractivity contribution in [3.63, 3.8) is 0 Å². The Morgan fingerprint density at radius 1 is 1.14 bits per heavy atom. The van der Waals surface area contributed by atoms with Gasteiger partial charge in [0.25, 0.3) is 0 Å². The Morgan fingerprint density at radius 2 is 1.76 bits per heavy atom. The smallest absolute Gasteiger partial charge is 0.232 e. The van der Waals surface area contributed by atoms with Crippen LogP contribution in [0.4, 0.5) is 0 Å². The van der Waals surface area contributed by atoms with Gasteiger partial charge in [0.15, 0.2) is 0 Å². The fraction of sp³-hybridized carbons (Fsp3) is 0.929. The third-order valence-electron chi connectivity index (χ3n) is 4.64. The first kappa shape index (κ1) is 16.7. The van der Waals surface area contributed by atoms with Crippen LogP contribution in [0.1, 0.15) is 44.9 Å². The minimum absolute atomic E-state index is 0.0319. The third kappa shape index (κ3) is 4.93. The van der Waals surface area contributed by atoms with Gasteiger partial charge in [0.05, 0.1) is 12.3 Å². The fourth-order valence-corrected chi connectivity index (χ4v) is 5.26. The molecule has 2 rings (SSSR count). The number of carbonyl (C=O) groups excluding carboxylic acids is 1. The number of primary amides is 1. The van der Waals surface area contributed by atoms with Crippen molar-refractivity contribution < 1.29 is 13.2 Å². The highest BCUT2D eigenvalue weighted by atomic mass is 32.2. The quantitative estimate of drug-likeness (QED) is 0.712. The minimum Gasteiger partial charge on any atom is -0.369 e. The van der Waals surface area contributed by atoms with Crippen LogP contribution >= 0.6 is 0 Å². The Hall–Kier alpha value is -0.660. The van der Waals surface area contributed by atoms with Crippen LogP contribution in [-0.2, 0) is 14.8 Å². The van der Waals surface area contributed by atoms with Crippen molar-refractivity contribution in [1.82, 2.24) is 9.62 Å². The van der Waals surface area contributed by atoms with Crippen LogP contribution in [-0.4, -0.2) is 50.1 Å². The lowest BCUT2D eigenvalue weighted by Crippen LogP contribution is -2.45. The second-order valence-corrected chi connectivity index (χ2v) is 8.29. The normalized spacial score (nSPS) is 22.0. The first-order valence-electron chi connectivity index (χ1n) is 7.97. The lowest BCUT2D eigenvalue weighted by molar-refractivity contribution is -0.118. The summed E-state index contributed by atoms with van der Waals surface area (Å²) in [7, 11) is -3.39. The van der Waals surface area contributed by atoms with Gasteiger partial charge in [-0.05, 0) is 51.1 Å². The van der Waals surface area contributed by atoms with Crippen LogP contribution < -0.4 is 11.1 Å². The molecular formula is C14H27N3O3S. The van der Waals surface area contributed by atoms with E-state index in [0.29, 0.717) is 12.3 Å². The number of amides is 1. The number of rotatable bonds is 7. The summed E-state index contributed by atoms with van der Waals surface area (Å²) in [6.07, 6.45) is 6.52. The van der Waals surface area contributed by atoms with Crippen molar-refractivity contribution in [1.29, 1.82) is 0 Å². The van der Waals surface area contributed by atoms with E-state index < -0.39 is 15.9 Å². The van der Waals surface area contributed by atoms with Crippen molar-refractivity contribution in [3.05, 3.63) is 0 Å². The van der Waals surface area contributed by atoms with Crippen molar-refractivity contribution in [3.8, 4) is 0 Å². The third-order valence-corrected chi connectivity index (χ3v) is 6.54. The number of nitrogens with one attached hydrogen (secondary N) is 1. The molecule has 0 bridgehead atoms. The van der Waals surface area contributed by atoms with Crippen LogP contribution in [0, 0.1) is 5.92 Å². The molecule has 0 aromatic carbocycles. The zero-order valence-electron chi connectivity index (χ0n) is 12.6. The molecule has 0 atom stereocenters. The molecule has 1 aliphatic heterocycles. The Morgan fingerprint density at radius 3 is 2.33 bits per heavy atom. The van der Waals surface area contributed by atoms with E-state index in [1.165, 1.54) is 4.31 Å². The van der Waals surface area contributed by atoms with Gasteiger partial charge in [0.2, 0.25) is 15.9 Å². The van der Waals surface area contributed by atoms with Gasteiger partial charge in [-0.3, -0.25) is 4.79 Å². The van der Waals surface area contributed by atoms with E-state index >= 15 is 0 Å². The Kier molecular flexibility index (Phi) is 6.01. The van der Waals surface area contributed by atoms with Gasteiger partial charge >= 0.3 is 0 Å².